The third kappa shape index (κ3) is 4.34. The standard InChI is InChI=1S/C25H31NO7/c1-12(2)33-25(29)19-14(4)26-16-11-13(3)18(24(28)32-7)22(27)21(16)20(19)15-9-8-10-17(30-5)23(15)31-6/h8-10,12-13,18,20,26H,11H2,1-7H3. The molecule has 1 aromatic carbocycles. The lowest BCUT2D eigenvalue weighted by Gasteiger charge is -2.38. The van der Waals surface area contributed by atoms with E-state index in [0.717, 1.165) is 0 Å². The largest absolute Gasteiger partial charge is 0.493 e. The summed E-state index contributed by atoms with van der Waals surface area (Å²) in [7, 11) is 4.29. The Morgan fingerprint density at radius 2 is 1.82 bits per heavy atom. The van der Waals surface area contributed by atoms with Gasteiger partial charge in [-0.25, -0.2) is 4.79 Å². The summed E-state index contributed by atoms with van der Waals surface area (Å²) in [5.41, 5.74) is 2.48. The fourth-order valence-electron chi connectivity index (χ4n) is 4.68. The summed E-state index contributed by atoms with van der Waals surface area (Å²) < 4.78 is 21.6. The molecule has 0 saturated heterocycles. The van der Waals surface area contributed by atoms with Crippen molar-refractivity contribution in [2.45, 2.75) is 46.1 Å². The number of benzene rings is 1. The molecular formula is C25H31NO7. The van der Waals surface area contributed by atoms with E-state index in [9.17, 15) is 14.4 Å². The predicted molar refractivity (Wildman–Crippen MR) is 121 cm³/mol. The Bertz CT molecular complexity index is 1040. The molecule has 0 saturated carbocycles. The van der Waals surface area contributed by atoms with E-state index in [1.807, 2.05) is 6.92 Å². The van der Waals surface area contributed by atoms with Crippen LogP contribution < -0.4 is 14.8 Å². The fourth-order valence-corrected chi connectivity index (χ4v) is 4.68. The van der Waals surface area contributed by atoms with E-state index in [1.54, 1.807) is 39.0 Å². The van der Waals surface area contributed by atoms with E-state index >= 15 is 0 Å². The summed E-state index contributed by atoms with van der Waals surface area (Å²) in [6, 6.07) is 5.30. The number of rotatable bonds is 6. The molecule has 178 valence electrons. The number of allylic oxidation sites excluding steroid dienone is 3. The van der Waals surface area contributed by atoms with Gasteiger partial charge in [-0.2, -0.15) is 0 Å². The van der Waals surface area contributed by atoms with Crippen LogP contribution in [0.1, 0.15) is 45.6 Å². The van der Waals surface area contributed by atoms with Gasteiger partial charge in [-0.3, -0.25) is 9.59 Å². The van der Waals surface area contributed by atoms with Crippen LogP contribution in [-0.4, -0.2) is 45.2 Å². The second-order valence-electron chi connectivity index (χ2n) is 8.57. The average molecular weight is 458 g/mol. The first kappa shape index (κ1) is 24.4. The Labute approximate surface area is 193 Å². The van der Waals surface area contributed by atoms with Gasteiger partial charge in [0, 0.05) is 22.5 Å². The summed E-state index contributed by atoms with van der Waals surface area (Å²) in [5, 5.41) is 3.24. The molecule has 0 radical (unpaired) electrons. The molecule has 1 aliphatic heterocycles. The van der Waals surface area contributed by atoms with Gasteiger partial charge >= 0.3 is 11.9 Å². The van der Waals surface area contributed by atoms with Crippen molar-refractivity contribution in [2.24, 2.45) is 11.8 Å². The number of carbonyl (C=O) groups is 3. The minimum absolute atomic E-state index is 0.263. The van der Waals surface area contributed by atoms with Gasteiger partial charge in [0.05, 0.1) is 38.9 Å². The van der Waals surface area contributed by atoms with Crippen LogP contribution in [0.5, 0.6) is 11.5 Å². The number of nitrogens with one attached hydrogen (secondary N) is 1. The third-order valence-corrected chi connectivity index (χ3v) is 6.05. The maximum Gasteiger partial charge on any atom is 0.337 e. The van der Waals surface area contributed by atoms with Gasteiger partial charge in [0.25, 0.3) is 0 Å². The predicted octanol–water partition coefficient (Wildman–Crippen LogP) is 3.27. The molecule has 0 aromatic heterocycles. The zero-order chi connectivity index (χ0) is 24.4. The van der Waals surface area contributed by atoms with Gasteiger partial charge in [-0.05, 0) is 39.2 Å². The molecule has 33 heavy (non-hydrogen) atoms. The molecule has 0 bridgehead atoms. The van der Waals surface area contributed by atoms with Crippen LogP contribution in [0.2, 0.25) is 0 Å². The van der Waals surface area contributed by atoms with Gasteiger partial charge in [0.15, 0.2) is 17.3 Å². The second kappa shape index (κ2) is 9.68. The average Bonchev–Trinajstić information content (AvgIpc) is 2.76. The number of ether oxygens (including phenoxy) is 4. The molecular weight excluding hydrogens is 426 g/mol. The Balaban J connectivity index is 2.28. The number of ketones is 1. The molecule has 1 aliphatic carbocycles. The minimum Gasteiger partial charge on any atom is -0.493 e. The van der Waals surface area contributed by atoms with Crippen LogP contribution in [0.15, 0.2) is 40.7 Å². The summed E-state index contributed by atoms with van der Waals surface area (Å²) in [6.45, 7) is 7.14. The van der Waals surface area contributed by atoms with Crippen LogP contribution >= 0.6 is 0 Å². The molecule has 3 atom stereocenters. The normalized spacial score (nSPS) is 22.5. The summed E-state index contributed by atoms with van der Waals surface area (Å²) >= 11 is 0. The highest BCUT2D eigenvalue weighted by atomic mass is 16.5. The molecule has 3 unspecified atom stereocenters. The Morgan fingerprint density at radius 3 is 2.39 bits per heavy atom. The number of hydrogen-bond donors (Lipinski definition) is 1. The van der Waals surface area contributed by atoms with Gasteiger partial charge in [0.2, 0.25) is 0 Å². The number of esters is 2. The second-order valence-corrected chi connectivity index (χ2v) is 8.57. The zero-order valence-electron chi connectivity index (χ0n) is 20.1. The van der Waals surface area contributed by atoms with Gasteiger partial charge in [-0.1, -0.05) is 19.1 Å². The maximum absolute atomic E-state index is 13.8. The van der Waals surface area contributed by atoms with Crippen LogP contribution in [0, 0.1) is 11.8 Å². The van der Waals surface area contributed by atoms with E-state index in [-0.39, 0.29) is 17.8 Å². The number of para-hydroxylation sites is 1. The zero-order valence-corrected chi connectivity index (χ0v) is 20.1. The molecule has 1 heterocycles. The van der Waals surface area contributed by atoms with Crippen molar-refractivity contribution in [3.8, 4) is 11.5 Å². The highest BCUT2D eigenvalue weighted by Gasteiger charge is 2.48. The summed E-state index contributed by atoms with van der Waals surface area (Å²) in [6.07, 6.45) is 0.0962. The van der Waals surface area contributed by atoms with Crippen molar-refractivity contribution >= 4 is 17.7 Å². The van der Waals surface area contributed by atoms with Crippen molar-refractivity contribution in [1.82, 2.24) is 5.32 Å². The van der Waals surface area contributed by atoms with Crippen molar-refractivity contribution in [3.05, 3.63) is 46.3 Å². The monoisotopic (exact) mass is 457 g/mol. The van der Waals surface area contributed by atoms with Gasteiger partial charge in [-0.15, -0.1) is 0 Å². The lowest BCUT2D eigenvalue weighted by molar-refractivity contribution is -0.151. The fraction of sp³-hybridized carbons (Fsp3) is 0.480. The van der Waals surface area contributed by atoms with Gasteiger partial charge < -0.3 is 24.3 Å². The quantitative estimate of drug-likeness (QED) is 0.513. The van der Waals surface area contributed by atoms with Crippen LogP contribution in [-0.2, 0) is 23.9 Å². The molecule has 2 aliphatic rings. The van der Waals surface area contributed by atoms with Crippen LogP contribution in [0.4, 0.5) is 0 Å². The summed E-state index contributed by atoms with van der Waals surface area (Å²) in [4.78, 5) is 39.5. The lowest BCUT2D eigenvalue weighted by Crippen LogP contribution is -2.43. The molecule has 8 heteroatoms. The molecule has 1 aromatic rings. The number of dihydropyridines is 1. The van der Waals surface area contributed by atoms with E-state index in [0.29, 0.717) is 46.0 Å². The number of carbonyl (C=O) groups excluding carboxylic acids is 3. The third-order valence-electron chi connectivity index (χ3n) is 6.05. The molecule has 0 amide bonds. The van der Waals surface area contributed by atoms with Crippen molar-refractivity contribution in [3.63, 3.8) is 0 Å². The first-order valence-corrected chi connectivity index (χ1v) is 10.9. The maximum atomic E-state index is 13.8. The van der Waals surface area contributed by atoms with Gasteiger partial charge in [0.1, 0.15) is 5.92 Å². The smallest absolute Gasteiger partial charge is 0.337 e. The molecule has 1 N–H and O–H groups in total. The first-order valence-electron chi connectivity index (χ1n) is 10.9. The molecule has 0 spiro atoms. The van der Waals surface area contributed by atoms with Crippen molar-refractivity contribution in [2.75, 3.05) is 21.3 Å². The van der Waals surface area contributed by atoms with Crippen LogP contribution in [0.25, 0.3) is 0 Å². The highest BCUT2D eigenvalue weighted by molar-refractivity contribution is 6.12. The Kier molecular flexibility index (Phi) is 7.15. The highest BCUT2D eigenvalue weighted by Crippen LogP contribution is 2.49. The molecule has 0 fully saturated rings. The number of Topliss-reactive ketones (excluding diaryl/α,β-unsaturated/α-hetero) is 1. The van der Waals surface area contributed by atoms with Crippen molar-refractivity contribution in [1.29, 1.82) is 0 Å². The topological polar surface area (TPSA) is 100 Å². The number of hydrogen-bond acceptors (Lipinski definition) is 8. The minimum atomic E-state index is -0.963. The number of methoxy groups -OCH3 is 3. The van der Waals surface area contributed by atoms with E-state index < -0.39 is 23.8 Å². The Morgan fingerprint density at radius 1 is 1.12 bits per heavy atom. The lowest BCUT2D eigenvalue weighted by atomic mass is 9.69. The van der Waals surface area contributed by atoms with Crippen molar-refractivity contribution < 1.29 is 33.3 Å². The van der Waals surface area contributed by atoms with Crippen LogP contribution in [0.3, 0.4) is 0 Å². The molecule has 3 rings (SSSR count). The van der Waals surface area contributed by atoms with E-state index in [4.69, 9.17) is 18.9 Å². The molecule has 8 nitrogen and oxygen atoms in total. The van der Waals surface area contributed by atoms with E-state index in [1.165, 1.54) is 21.3 Å². The SMILES string of the molecule is COC(=O)C1C(=O)C2=C(CC1C)NC(C)=C(C(=O)OC(C)C)C2c1cccc(OC)c1OC. The first-order chi connectivity index (χ1) is 15.7. The van der Waals surface area contributed by atoms with E-state index in [2.05, 4.69) is 5.32 Å². The Hall–Kier alpha value is -3.29. The summed E-state index contributed by atoms with van der Waals surface area (Å²) in [5.74, 6) is -2.67.